The number of Topliss-reactive ketones (excluding diaryl/α,β-unsaturated/α-hetero) is 1. The number of hydrogen-bond donors (Lipinski definition) is 6. The number of oxime groups is 1. The number of carbonyl (C=O) groups excluding carboxylic acids is 2. The van der Waals surface area contributed by atoms with Crippen molar-refractivity contribution in [3.8, 4) is 11.5 Å². The molecule has 3 aromatic rings. The Kier molecular flexibility index (Phi) is 9.80. The van der Waals surface area contributed by atoms with Gasteiger partial charge in [-0.3, -0.25) is 24.1 Å². The molecule has 8 rings (SSSR count). The van der Waals surface area contributed by atoms with Crippen LogP contribution in [0.25, 0.3) is 10.8 Å². The molecule has 7 heterocycles. The number of thioether (sulfide) groups is 1. The summed E-state index contributed by atoms with van der Waals surface area (Å²) < 4.78 is 2.04. The number of ketones is 1. The largest absolute Gasteiger partial charge is 0.504 e. The summed E-state index contributed by atoms with van der Waals surface area (Å²) in [5.74, 6) is -7.01. The molecule has 5 aliphatic heterocycles. The Hall–Kier alpha value is -5.54. The summed E-state index contributed by atoms with van der Waals surface area (Å²) >= 11 is 2.31. The summed E-state index contributed by atoms with van der Waals surface area (Å²) in [4.78, 5) is 85.9. The number of nitrogens with two attached hydrogens (primary N) is 1. The van der Waals surface area contributed by atoms with Crippen LogP contribution in [0.5, 0.6) is 11.5 Å². The van der Waals surface area contributed by atoms with Crippen LogP contribution in [0, 0.1) is 11.3 Å². The predicted molar refractivity (Wildman–Crippen MR) is 194 cm³/mol. The quantitative estimate of drug-likeness (QED) is 0.0436. The molecule has 2 aromatic heterocycles. The number of hydrogen-bond acceptors (Lipinski definition) is 15. The molecule has 1 amide bonds. The number of phenolic OH excluding ortho intramolecular Hbond substituents is 2. The first kappa shape index (κ1) is 37.8. The van der Waals surface area contributed by atoms with E-state index < -0.39 is 65.5 Å². The van der Waals surface area contributed by atoms with Crippen molar-refractivity contribution in [1.82, 2.24) is 19.7 Å². The number of phenols is 2. The number of amides is 1. The normalized spacial score (nSPS) is 25.3. The van der Waals surface area contributed by atoms with Crippen molar-refractivity contribution < 1.29 is 58.8 Å². The van der Waals surface area contributed by atoms with Crippen LogP contribution < -0.4 is 11.3 Å². The molecule has 21 heteroatoms. The van der Waals surface area contributed by atoms with Gasteiger partial charge in [0.15, 0.2) is 28.1 Å². The molecule has 0 saturated carbocycles. The van der Waals surface area contributed by atoms with Gasteiger partial charge in [0.05, 0.1) is 55.5 Å². The van der Waals surface area contributed by atoms with Gasteiger partial charge in [0, 0.05) is 53.2 Å². The second-order valence-electron chi connectivity index (χ2n) is 14.4. The van der Waals surface area contributed by atoms with E-state index in [1.807, 2.05) is 0 Å². The summed E-state index contributed by atoms with van der Waals surface area (Å²) in [6.07, 6.45) is 0.511. The molecule has 290 valence electrons. The summed E-state index contributed by atoms with van der Waals surface area (Å²) in [7, 11) is 0. The predicted octanol–water partition coefficient (Wildman–Crippen LogP) is 1.03. The van der Waals surface area contributed by atoms with Gasteiger partial charge in [-0.15, -0.1) is 23.1 Å². The van der Waals surface area contributed by atoms with Crippen LogP contribution >= 0.6 is 23.1 Å². The number of benzene rings is 1. The van der Waals surface area contributed by atoms with Gasteiger partial charge < -0.3 is 40.6 Å². The minimum atomic E-state index is -1.91. The Labute approximate surface area is 318 Å². The first-order chi connectivity index (χ1) is 26.1. The van der Waals surface area contributed by atoms with Crippen LogP contribution in [0.1, 0.15) is 37.8 Å². The lowest BCUT2D eigenvalue weighted by Gasteiger charge is -2.56. The second-order valence-corrected chi connectivity index (χ2v) is 16.4. The van der Waals surface area contributed by atoms with Gasteiger partial charge in [0.25, 0.3) is 5.56 Å². The highest BCUT2D eigenvalue weighted by Crippen LogP contribution is 2.49. The molecule has 0 aliphatic carbocycles. The molecule has 0 radical (unpaired) electrons. The number of thiazole rings is 1. The van der Waals surface area contributed by atoms with E-state index in [1.165, 1.54) is 45.1 Å². The summed E-state index contributed by atoms with van der Waals surface area (Å²) in [5, 5.41) is 58.0. The third-order valence-corrected chi connectivity index (χ3v) is 13.1. The summed E-state index contributed by atoms with van der Waals surface area (Å²) in [6, 6.07) is 2.53. The van der Waals surface area contributed by atoms with Gasteiger partial charge in [0.2, 0.25) is 12.0 Å². The number of nitrogen functional groups attached to an aromatic ring is 1. The fourth-order valence-electron chi connectivity index (χ4n) is 7.97. The maximum atomic E-state index is 13.6. The van der Waals surface area contributed by atoms with E-state index >= 15 is 0 Å². The molecule has 2 bridgehead atoms. The number of carbonyl (C=O) groups is 5. The lowest BCUT2D eigenvalue weighted by Crippen LogP contribution is -2.65. The minimum absolute atomic E-state index is 0.0525. The maximum absolute atomic E-state index is 13.6. The number of nitrogens with zero attached hydrogens (tertiary/aromatic N) is 6. The van der Waals surface area contributed by atoms with Crippen LogP contribution in [0.15, 0.2) is 44.9 Å². The van der Waals surface area contributed by atoms with Crippen molar-refractivity contribution >= 4 is 74.3 Å². The third-order valence-electron chi connectivity index (χ3n) is 11.0. The maximum Gasteiger partial charge on any atom is 0.352 e. The molecule has 19 nitrogen and oxygen atoms in total. The fraction of sp³-hybridized carbons (Fsp3) is 0.441. The molecule has 5 aliphatic rings. The number of fused-ring (bicyclic) bond motifs is 5. The molecule has 4 saturated heterocycles. The Morgan fingerprint density at radius 3 is 2.38 bits per heavy atom. The second kappa shape index (κ2) is 14.3. The average molecular weight is 799 g/mol. The highest BCUT2D eigenvalue weighted by molar-refractivity contribution is 8.00. The fourth-order valence-corrected chi connectivity index (χ4v) is 9.92. The SMILES string of the molecule is Nc1nc(/C(=N/O[C@@H](CC(=O)O)C(=O)O)C(=O)C[C@@H]2C(=O)N3C(C(=O)O)=C(C[N+]45CCC(Cn6ncc7cc(O)c(O)cc7c6=O)(CC4)CC5)CS[C@H]23)cs1. The minimum Gasteiger partial charge on any atom is -0.504 e. The van der Waals surface area contributed by atoms with E-state index in [2.05, 4.69) is 15.2 Å². The Morgan fingerprint density at radius 1 is 1.07 bits per heavy atom. The van der Waals surface area contributed by atoms with Crippen molar-refractivity contribution in [3.63, 3.8) is 0 Å². The zero-order valence-electron chi connectivity index (χ0n) is 29.0. The van der Waals surface area contributed by atoms with Crippen LogP contribution in [0.2, 0.25) is 0 Å². The van der Waals surface area contributed by atoms with Crippen LogP contribution in [0.3, 0.4) is 0 Å². The van der Waals surface area contributed by atoms with Gasteiger partial charge in [-0.1, -0.05) is 5.16 Å². The van der Waals surface area contributed by atoms with Crippen molar-refractivity contribution in [1.29, 1.82) is 0 Å². The number of carboxylic acids is 3. The highest BCUT2D eigenvalue weighted by atomic mass is 32.2. The number of rotatable bonds is 14. The lowest BCUT2D eigenvalue weighted by atomic mass is 9.70. The van der Waals surface area contributed by atoms with E-state index in [0.717, 1.165) is 50.2 Å². The third kappa shape index (κ3) is 7.09. The molecular weight excluding hydrogens is 763 g/mol. The molecule has 0 spiro atoms. The van der Waals surface area contributed by atoms with Gasteiger partial charge >= 0.3 is 17.9 Å². The van der Waals surface area contributed by atoms with Gasteiger partial charge in [-0.05, 0) is 12.1 Å². The number of aromatic hydroxyl groups is 2. The number of carboxylic acid groups (broad SMARTS) is 3. The summed E-state index contributed by atoms with van der Waals surface area (Å²) in [6.45, 7) is 2.98. The smallest absolute Gasteiger partial charge is 0.352 e. The van der Waals surface area contributed by atoms with Crippen molar-refractivity contribution in [2.24, 2.45) is 16.5 Å². The van der Waals surface area contributed by atoms with Crippen LogP contribution in [-0.4, -0.2) is 128 Å². The van der Waals surface area contributed by atoms with E-state index in [-0.39, 0.29) is 44.4 Å². The Balaban J connectivity index is 1.04. The number of aromatic nitrogens is 3. The topological polar surface area (TPSA) is 285 Å². The number of piperidine rings is 3. The molecule has 0 unspecified atom stereocenters. The van der Waals surface area contributed by atoms with Crippen LogP contribution in [0.4, 0.5) is 5.13 Å². The highest BCUT2D eigenvalue weighted by Gasteiger charge is 2.56. The van der Waals surface area contributed by atoms with Gasteiger partial charge in [0.1, 0.15) is 17.9 Å². The molecule has 55 heavy (non-hydrogen) atoms. The molecule has 7 N–H and O–H groups in total. The summed E-state index contributed by atoms with van der Waals surface area (Å²) in [5.41, 5.74) is 5.17. The number of quaternary nitrogens is 1. The molecule has 3 atom stereocenters. The van der Waals surface area contributed by atoms with Crippen molar-refractivity contribution in [3.05, 3.63) is 51.0 Å². The molecule has 1 aromatic carbocycles. The average Bonchev–Trinajstić information content (AvgIpc) is 3.58. The Bertz CT molecular complexity index is 2240. The van der Waals surface area contributed by atoms with Crippen molar-refractivity contribution in [2.45, 2.75) is 50.1 Å². The standard InChI is InChI=1S/C34H35N7O12S2/c35-33-37-20(14-55-33)26(38-53-24(31(49)50)10-25(45)46)23(44)9-19-29(48)40-27(32(51)52)17(13-54-30(19)40)12-41-4-1-34(2-5-41,3-6-41)15-39-28(47)18-8-22(43)21(42)7-16(18)11-36-39/h7-8,11,14,19,24,30H,1-6,9-10,12-13,15H2,(H6-,35,36,37,38,42,43,44,45,46,47,49,50,51,52)/p+1/t19-,24+,30-,34?,41?/m1/s1. The monoisotopic (exact) mass is 798 g/mol. The van der Waals surface area contributed by atoms with E-state index in [9.17, 15) is 49.2 Å². The zero-order chi connectivity index (χ0) is 39.4. The number of β-lactam (4-membered cyclic amide) rings is 1. The molecular formula is C34H36N7O12S2+. The first-order valence-corrected chi connectivity index (χ1v) is 19.1. The van der Waals surface area contributed by atoms with Crippen molar-refractivity contribution in [2.75, 3.05) is 37.7 Å². The molecule has 4 fully saturated rings. The lowest BCUT2D eigenvalue weighted by molar-refractivity contribution is -0.941. The van der Waals surface area contributed by atoms with E-state index in [4.69, 9.17) is 15.7 Å². The van der Waals surface area contributed by atoms with Gasteiger partial charge in [-0.2, -0.15) is 5.10 Å². The van der Waals surface area contributed by atoms with Crippen LogP contribution in [-0.2, 0) is 35.4 Å². The first-order valence-electron chi connectivity index (χ1n) is 17.2. The zero-order valence-corrected chi connectivity index (χ0v) is 30.6. The number of aliphatic carboxylic acids is 3. The Morgan fingerprint density at radius 2 is 1.76 bits per heavy atom. The van der Waals surface area contributed by atoms with E-state index in [1.54, 1.807) is 0 Å². The van der Waals surface area contributed by atoms with E-state index in [0.29, 0.717) is 34.3 Å². The number of anilines is 1. The van der Waals surface area contributed by atoms with Gasteiger partial charge in [-0.25, -0.2) is 19.3 Å².